The Labute approximate surface area is 212 Å². The number of benzene rings is 3. The standard InChI is InChI=1S/C29H21ClN2O4/c1-35-22-13-10-19(11-14-22)24-18-21-7-5-6-16-32(21)27(24)28(33)29(34)31-25-17-20(30)12-15-26(25)36-23-8-3-2-4-9-23/h2-18H,1H3,(H,31,34). The summed E-state index contributed by atoms with van der Waals surface area (Å²) < 4.78 is 12.9. The average molecular weight is 497 g/mol. The molecule has 7 heteroatoms. The number of para-hydroxylation sites is 1. The number of carbonyl (C=O) groups is 2. The Morgan fingerprint density at radius 1 is 0.833 bits per heavy atom. The highest BCUT2D eigenvalue weighted by atomic mass is 35.5. The number of hydrogen-bond acceptors (Lipinski definition) is 4. The summed E-state index contributed by atoms with van der Waals surface area (Å²) in [5, 5.41) is 3.08. The van der Waals surface area contributed by atoms with Crippen LogP contribution in [0.15, 0.2) is 103 Å². The van der Waals surface area contributed by atoms with Crippen LogP contribution in [0.4, 0.5) is 5.69 Å². The summed E-state index contributed by atoms with van der Waals surface area (Å²) >= 11 is 6.18. The van der Waals surface area contributed by atoms with Crippen molar-refractivity contribution in [3.63, 3.8) is 0 Å². The van der Waals surface area contributed by atoms with Crippen LogP contribution in [0.2, 0.25) is 5.02 Å². The van der Waals surface area contributed by atoms with E-state index in [1.54, 1.807) is 48.0 Å². The molecular weight excluding hydrogens is 476 g/mol. The Morgan fingerprint density at radius 3 is 2.33 bits per heavy atom. The van der Waals surface area contributed by atoms with Crippen LogP contribution < -0.4 is 14.8 Å². The summed E-state index contributed by atoms with van der Waals surface area (Å²) in [4.78, 5) is 26.8. The van der Waals surface area contributed by atoms with Gasteiger partial charge in [-0.25, -0.2) is 0 Å². The molecule has 2 heterocycles. The highest BCUT2D eigenvalue weighted by Crippen LogP contribution is 2.33. The first-order chi connectivity index (χ1) is 17.5. The maximum absolute atomic E-state index is 13.6. The van der Waals surface area contributed by atoms with E-state index >= 15 is 0 Å². The zero-order valence-electron chi connectivity index (χ0n) is 19.3. The van der Waals surface area contributed by atoms with Crippen molar-refractivity contribution in [2.45, 2.75) is 0 Å². The van der Waals surface area contributed by atoms with Gasteiger partial charge in [0, 0.05) is 22.3 Å². The molecule has 0 aliphatic carbocycles. The Morgan fingerprint density at radius 2 is 1.58 bits per heavy atom. The van der Waals surface area contributed by atoms with Crippen molar-refractivity contribution in [1.29, 1.82) is 0 Å². The predicted octanol–water partition coefficient (Wildman–Crippen LogP) is 6.88. The normalized spacial score (nSPS) is 10.7. The number of nitrogens with zero attached hydrogens (tertiary/aromatic N) is 1. The summed E-state index contributed by atoms with van der Waals surface area (Å²) in [6, 6.07) is 28.7. The van der Waals surface area contributed by atoms with Crippen molar-refractivity contribution in [2.75, 3.05) is 12.4 Å². The van der Waals surface area contributed by atoms with Crippen molar-refractivity contribution in [3.8, 4) is 28.4 Å². The van der Waals surface area contributed by atoms with E-state index in [4.69, 9.17) is 21.1 Å². The molecule has 1 amide bonds. The zero-order chi connectivity index (χ0) is 25.1. The van der Waals surface area contributed by atoms with Crippen molar-refractivity contribution >= 4 is 34.5 Å². The van der Waals surface area contributed by atoms with Gasteiger partial charge in [0.1, 0.15) is 17.2 Å². The van der Waals surface area contributed by atoms with Crippen molar-refractivity contribution in [2.24, 2.45) is 0 Å². The first-order valence-corrected chi connectivity index (χ1v) is 11.5. The SMILES string of the molecule is COc1ccc(-c2cc3ccccn3c2C(=O)C(=O)Nc2cc(Cl)ccc2Oc2ccccc2)cc1. The van der Waals surface area contributed by atoms with Crippen LogP contribution in [0.5, 0.6) is 17.2 Å². The fraction of sp³-hybridized carbons (Fsp3) is 0.0345. The number of methoxy groups -OCH3 is 1. The molecule has 5 aromatic rings. The Balaban J connectivity index is 1.50. The van der Waals surface area contributed by atoms with Crippen LogP contribution in [0.3, 0.4) is 0 Å². The van der Waals surface area contributed by atoms with Gasteiger partial charge in [0.25, 0.3) is 11.7 Å². The fourth-order valence-corrected chi connectivity index (χ4v) is 4.11. The van der Waals surface area contributed by atoms with E-state index in [0.29, 0.717) is 27.8 Å². The monoisotopic (exact) mass is 496 g/mol. The van der Waals surface area contributed by atoms with Gasteiger partial charge in [-0.3, -0.25) is 9.59 Å². The van der Waals surface area contributed by atoms with E-state index in [1.807, 2.05) is 66.7 Å². The van der Waals surface area contributed by atoms with Crippen LogP contribution in [0.25, 0.3) is 16.6 Å². The molecule has 3 aromatic carbocycles. The van der Waals surface area contributed by atoms with Gasteiger partial charge in [-0.05, 0) is 66.2 Å². The molecule has 0 spiro atoms. The number of Topliss-reactive ketones (excluding diaryl/α,β-unsaturated/α-hetero) is 1. The second kappa shape index (κ2) is 9.98. The minimum atomic E-state index is -0.811. The van der Waals surface area contributed by atoms with Crippen molar-refractivity contribution in [1.82, 2.24) is 4.40 Å². The summed E-state index contributed by atoms with van der Waals surface area (Å²) in [5.74, 6) is 0.134. The third-order valence-electron chi connectivity index (χ3n) is 5.66. The lowest BCUT2D eigenvalue weighted by molar-refractivity contribution is -0.112. The van der Waals surface area contributed by atoms with E-state index in [9.17, 15) is 9.59 Å². The molecule has 0 fully saturated rings. The topological polar surface area (TPSA) is 69.0 Å². The maximum Gasteiger partial charge on any atom is 0.298 e. The third kappa shape index (κ3) is 4.67. The van der Waals surface area contributed by atoms with Gasteiger partial charge in [-0.2, -0.15) is 0 Å². The molecule has 0 atom stereocenters. The Kier molecular flexibility index (Phi) is 6.43. The Hall–Kier alpha value is -4.55. The predicted molar refractivity (Wildman–Crippen MR) is 140 cm³/mol. The summed E-state index contributed by atoms with van der Waals surface area (Å²) in [6.45, 7) is 0. The molecule has 0 saturated heterocycles. The van der Waals surface area contributed by atoms with Crippen molar-refractivity contribution < 1.29 is 19.1 Å². The number of rotatable bonds is 7. The van der Waals surface area contributed by atoms with Crippen LogP contribution in [-0.4, -0.2) is 23.2 Å². The number of fused-ring (bicyclic) bond motifs is 1. The number of nitrogens with one attached hydrogen (secondary N) is 1. The molecule has 5 rings (SSSR count). The summed E-state index contributed by atoms with van der Waals surface area (Å²) in [5.41, 5.74) is 2.75. The molecule has 36 heavy (non-hydrogen) atoms. The first kappa shape index (κ1) is 23.2. The average Bonchev–Trinajstić information content (AvgIpc) is 3.30. The van der Waals surface area contributed by atoms with Crippen LogP contribution in [-0.2, 0) is 4.79 Å². The van der Waals surface area contributed by atoms with Crippen LogP contribution in [0, 0.1) is 0 Å². The van der Waals surface area contributed by atoms with E-state index in [0.717, 1.165) is 11.1 Å². The minimum absolute atomic E-state index is 0.251. The molecule has 0 bridgehead atoms. The van der Waals surface area contributed by atoms with Gasteiger partial charge in [0.05, 0.1) is 12.8 Å². The lowest BCUT2D eigenvalue weighted by Crippen LogP contribution is -2.25. The number of ether oxygens (including phenoxy) is 2. The summed E-state index contributed by atoms with van der Waals surface area (Å²) in [7, 11) is 1.59. The minimum Gasteiger partial charge on any atom is -0.497 e. The van der Waals surface area contributed by atoms with E-state index in [-0.39, 0.29) is 11.4 Å². The molecular formula is C29H21ClN2O4. The van der Waals surface area contributed by atoms with E-state index < -0.39 is 11.7 Å². The number of amides is 1. The van der Waals surface area contributed by atoms with Gasteiger partial charge < -0.3 is 19.2 Å². The fourth-order valence-electron chi connectivity index (χ4n) is 3.94. The zero-order valence-corrected chi connectivity index (χ0v) is 20.0. The molecule has 2 aromatic heterocycles. The van der Waals surface area contributed by atoms with Crippen LogP contribution >= 0.6 is 11.6 Å². The second-order valence-electron chi connectivity index (χ2n) is 7.97. The first-order valence-electron chi connectivity index (χ1n) is 11.2. The Bertz CT molecular complexity index is 1560. The number of halogens is 1. The lowest BCUT2D eigenvalue weighted by atomic mass is 10.0. The third-order valence-corrected chi connectivity index (χ3v) is 5.90. The smallest absolute Gasteiger partial charge is 0.298 e. The molecule has 0 aliphatic rings. The molecule has 0 saturated carbocycles. The number of ketones is 1. The number of anilines is 1. The number of pyridine rings is 1. The van der Waals surface area contributed by atoms with Gasteiger partial charge in [0.2, 0.25) is 0 Å². The highest BCUT2D eigenvalue weighted by Gasteiger charge is 2.26. The van der Waals surface area contributed by atoms with Gasteiger partial charge >= 0.3 is 0 Å². The molecule has 0 unspecified atom stereocenters. The van der Waals surface area contributed by atoms with Gasteiger partial charge in [-0.1, -0.05) is 48.0 Å². The van der Waals surface area contributed by atoms with Crippen LogP contribution in [0.1, 0.15) is 10.5 Å². The molecule has 1 N–H and O–H groups in total. The largest absolute Gasteiger partial charge is 0.497 e. The molecule has 0 aliphatic heterocycles. The van der Waals surface area contributed by atoms with Crippen molar-refractivity contribution in [3.05, 3.63) is 114 Å². The quantitative estimate of drug-likeness (QED) is 0.197. The maximum atomic E-state index is 13.6. The summed E-state index contributed by atoms with van der Waals surface area (Å²) in [6.07, 6.45) is 1.76. The molecule has 6 nitrogen and oxygen atoms in total. The molecule has 0 radical (unpaired) electrons. The van der Waals surface area contributed by atoms with E-state index in [2.05, 4.69) is 5.32 Å². The highest BCUT2D eigenvalue weighted by molar-refractivity contribution is 6.47. The number of hydrogen-bond donors (Lipinski definition) is 1. The lowest BCUT2D eigenvalue weighted by Gasteiger charge is -2.13. The number of carbonyl (C=O) groups excluding carboxylic acids is 2. The van der Waals surface area contributed by atoms with Gasteiger partial charge in [-0.15, -0.1) is 0 Å². The second-order valence-corrected chi connectivity index (χ2v) is 8.41. The van der Waals surface area contributed by atoms with E-state index in [1.165, 1.54) is 0 Å². The number of aromatic nitrogens is 1. The molecule has 178 valence electrons. The van der Waals surface area contributed by atoms with Gasteiger partial charge in [0.15, 0.2) is 5.75 Å².